The average molecular weight is 572 g/mol. The van der Waals surface area contributed by atoms with Gasteiger partial charge in [-0.15, -0.1) is 11.8 Å². The smallest absolute Gasteiger partial charge is 0.270 e. The maximum absolute atomic E-state index is 13.1. The Morgan fingerprint density at radius 2 is 2.03 bits per heavy atom. The third-order valence-corrected chi connectivity index (χ3v) is 7.01. The number of hydrogen-bond acceptors (Lipinski definition) is 6. The van der Waals surface area contributed by atoms with Crippen LogP contribution in [0.3, 0.4) is 0 Å². The number of carbonyl (C=O) groups is 1. The van der Waals surface area contributed by atoms with Crippen LogP contribution in [-0.2, 0) is 4.79 Å². The molecule has 3 rings (SSSR count). The van der Waals surface area contributed by atoms with E-state index >= 15 is 0 Å². The molecule has 0 atom stereocenters. The highest BCUT2D eigenvalue weighted by Crippen LogP contribution is 2.39. The van der Waals surface area contributed by atoms with E-state index in [1.54, 1.807) is 16.7 Å². The second-order valence-corrected chi connectivity index (χ2v) is 10.0. The zero-order valence-corrected chi connectivity index (χ0v) is 21.5. The van der Waals surface area contributed by atoms with Gasteiger partial charge in [0.25, 0.3) is 5.91 Å². The maximum Gasteiger partial charge on any atom is 0.270 e. The van der Waals surface area contributed by atoms with Gasteiger partial charge in [-0.2, -0.15) is 0 Å². The van der Waals surface area contributed by atoms with Gasteiger partial charge in [0, 0.05) is 4.90 Å². The maximum atomic E-state index is 13.1. The van der Waals surface area contributed by atoms with Crippen molar-refractivity contribution in [1.29, 1.82) is 0 Å². The van der Waals surface area contributed by atoms with Crippen molar-refractivity contribution in [1.82, 2.24) is 0 Å². The topological polar surface area (TPSA) is 38.8 Å². The van der Waals surface area contributed by atoms with Crippen molar-refractivity contribution in [3.05, 3.63) is 50.4 Å². The third kappa shape index (κ3) is 5.33. The zero-order chi connectivity index (χ0) is 21.7. The summed E-state index contributed by atoms with van der Waals surface area (Å²) in [6.45, 7) is 5.18. The van der Waals surface area contributed by atoms with Gasteiger partial charge in [-0.1, -0.05) is 37.0 Å². The Morgan fingerprint density at radius 3 is 2.73 bits per heavy atom. The minimum atomic E-state index is -0.109. The Bertz CT molecular complexity index is 994. The molecule has 1 fully saturated rings. The van der Waals surface area contributed by atoms with Gasteiger partial charge in [0.1, 0.15) is 0 Å². The summed E-state index contributed by atoms with van der Waals surface area (Å²) in [6, 6.07) is 11.8. The van der Waals surface area contributed by atoms with Gasteiger partial charge >= 0.3 is 0 Å². The van der Waals surface area contributed by atoms with Crippen LogP contribution in [-0.4, -0.2) is 29.7 Å². The van der Waals surface area contributed by atoms with Crippen LogP contribution in [0.2, 0.25) is 0 Å². The molecule has 1 heterocycles. The highest BCUT2D eigenvalue weighted by Gasteiger charge is 2.33. The number of ether oxygens (including phenoxy) is 2. The highest BCUT2D eigenvalue weighted by atomic mass is 127. The van der Waals surface area contributed by atoms with Crippen molar-refractivity contribution >= 4 is 80.3 Å². The Morgan fingerprint density at radius 1 is 1.23 bits per heavy atom. The Hall–Kier alpha value is -1.23. The van der Waals surface area contributed by atoms with Gasteiger partial charge in [0.2, 0.25) is 0 Å². The van der Waals surface area contributed by atoms with Crippen molar-refractivity contribution in [2.75, 3.05) is 24.4 Å². The van der Waals surface area contributed by atoms with Crippen LogP contribution in [0.1, 0.15) is 25.8 Å². The van der Waals surface area contributed by atoms with Crippen LogP contribution in [0.25, 0.3) is 6.08 Å². The molecule has 0 saturated carbocycles. The van der Waals surface area contributed by atoms with Gasteiger partial charge in [0.15, 0.2) is 15.8 Å². The molecule has 0 aliphatic carbocycles. The van der Waals surface area contributed by atoms with E-state index in [2.05, 4.69) is 29.5 Å². The fraction of sp³-hybridized carbons (Fsp3) is 0.273. The quantitative estimate of drug-likeness (QED) is 0.154. The standard InChI is InChI=1S/C22H22INO3S3/c1-4-9-27-20-17(23)10-14(11-18(20)26-5-2)12-19-21(25)24(22(28)30-19)15-7-6-8-16(13-15)29-3/h6-8,10-13H,4-5,9H2,1-3H3/b19-12-. The van der Waals surface area contributed by atoms with Gasteiger partial charge in [-0.3, -0.25) is 9.69 Å². The van der Waals surface area contributed by atoms with Gasteiger partial charge in [-0.05, 0) is 84.2 Å². The van der Waals surface area contributed by atoms with Crippen LogP contribution >= 0.6 is 58.3 Å². The van der Waals surface area contributed by atoms with Crippen LogP contribution in [0.4, 0.5) is 5.69 Å². The largest absolute Gasteiger partial charge is 0.490 e. The molecule has 0 spiro atoms. The zero-order valence-electron chi connectivity index (χ0n) is 16.9. The van der Waals surface area contributed by atoms with Gasteiger partial charge < -0.3 is 9.47 Å². The average Bonchev–Trinajstić information content (AvgIpc) is 3.00. The fourth-order valence-electron chi connectivity index (χ4n) is 2.87. The molecule has 2 aromatic rings. The molecule has 1 aliphatic rings. The van der Waals surface area contributed by atoms with Crippen molar-refractivity contribution in [3.8, 4) is 11.5 Å². The monoisotopic (exact) mass is 571 g/mol. The van der Waals surface area contributed by atoms with E-state index in [4.69, 9.17) is 21.7 Å². The molecular weight excluding hydrogens is 549 g/mol. The molecule has 0 radical (unpaired) electrons. The molecule has 1 saturated heterocycles. The number of thiocarbonyl (C=S) groups is 1. The predicted molar refractivity (Wildman–Crippen MR) is 140 cm³/mol. The molecule has 1 amide bonds. The number of hydrogen-bond donors (Lipinski definition) is 0. The summed E-state index contributed by atoms with van der Waals surface area (Å²) in [5.41, 5.74) is 1.67. The van der Waals surface area contributed by atoms with Gasteiger partial charge in [-0.25, -0.2) is 0 Å². The van der Waals surface area contributed by atoms with Crippen molar-refractivity contribution in [3.63, 3.8) is 0 Å². The van der Waals surface area contributed by atoms with E-state index in [1.807, 2.05) is 55.7 Å². The summed E-state index contributed by atoms with van der Waals surface area (Å²) in [7, 11) is 0. The van der Waals surface area contributed by atoms with Crippen LogP contribution < -0.4 is 14.4 Å². The second kappa shape index (κ2) is 10.9. The number of amides is 1. The Balaban J connectivity index is 1.93. The lowest BCUT2D eigenvalue weighted by Crippen LogP contribution is -2.27. The summed E-state index contributed by atoms with van der Waals surface area (Å²) in [4.78, 5) is 16.4. The Kier molecular flexibility index (Phi) is 8.50. The normalized spacial score (nSPS) is 15.2. The predicted octanol–water partition coefficient (Wildman–Crippen LogP) is 6.61. The lowest BCUT2D eigenvalue weighted by molar-refractivity contribution is -0.113. The molecule has 4 nitrogen and oxygen atoms in total. The van der Waals surface area contributed by atoms with Crippen LogP contribution in [0.5, 0.6) is 11.5 Å². The summed E-state index contributed by atoms with van der Waals surface area (Å²) in [6.07, 6.45) is 4.80. The molecule has 0 aromatic heterocycles. The number of thioether (sulfide) groups is 2. The number of benzene rings is 2. The summed E-state index contributed by atoms with van der Waals surface area (Å²) in [5, 5.41) is 0. The third-order valence-electron chi connectivity index (χ3n) is 4.19. The number of carbonyl (C=O) groups excluding carboxylic acids is 1. The first-order valence-corrected chi connectivity index (χ1v) is 13.0. The number of rotatable bonds is 8. The molecule has 158 valence electrons. The summed E-state index contributed by atoms with van der Waals surface area (Å²) >= 11 is 10.7. The van der Waals surface area contributed by atoms with E-state index in [0.717, 1.165) is 31.9 Å². The van der Waals surface area contributed by atoms with E-state index in [9.17, 15) is 4.79 Å². The van der Waals surface area contributed by atoms with Crippen LogP contribution in [0, 0.1) is 3.57 Å². The van der Waals surface area contributed by atoms with Crippen molar-refractivity contribution in [2.24, 2.45) is 0 Å². The molecule has 0 N–H and O–H groups in total. The molecule has 0 bridgehead atoms. The summed E-state index contributed by atoms with van der Waals surface area (Å²) < 4.78 is 13.1. The second-order valence-electron chi connectivity index (χ2n) is 6.33. The lowest BCUT2D eigenvalue weighted by atomic mass is 10.1. The molecule has 8 heteroatoms. The molecule has 1 aliphatic heterocycles. The molecule has 0 unspecified atom stereocenters. The Labute approximate surface area is 204 Å². The molecule has 30 heavy (non-hydrogen) atoms. The van der Waals surface area contributed by atoms with Gasteiger partial charge in [0.05, 0.1) is 27.4 Å². The molecule has 2 aromatic carbocycles. The first-order chi connectivity index (χ1) is 14.5. The van der Waals surface area contributed by atoms with Crippen molar-refractivity contribution < 1.29 is 14.3 Å². The fourth-order valence-corrected chi connectivity index (χ4v) is 5.40. The van der Waals surface area contributed by atoms with Crippen LogP contribution in [0.15, 0.2) is 46.2 Å². The van der Waals surface area contributed by atoms with E-state index in [1.165, 1.54) is 11.8 Å². The summed E-state index contributed by atoms with van der Waals surface area (Å²) in [5.74, 6) is 1.33. The minimum Gasteiger partial charge on any atom is -0.490 e. The van der Waals surface area contributed by atoms with E-state index in [0.29, 0.717) is 28.2 Å². The first-order valence-electron chi connectivity index (χ1n) is 9.49. The van der Waals surface area contributed by atoms with Crippen molar-refractivity contribution in [2.45, 2.75) is 25.2 Å². The highest BCUT2D eigenvalue weighted by molar-refractivity contribution is 14.1. The van der Waals surface area contributed by atoms with E-state index in [-0.39, 0.29) is 5.91 Å². The number of anilines is 1. The van der Waals surface area contributed by atoms with E-state index < -0.39 is 0 Å². The number of nitrogens with zero attached hydrogens (tertiary/aromatic N) is 1. The lowest BCUT2D eigenvalue weighted by Gasteiger charge is -2.15. The molecular formula is C22H22INO3S3. The minimum absolute atomic E-state index is 0.109. The first kappa shape index (κ1) is 23.4. The number of halogens is 1. The SMILES string of the molecule is CCCOc1c(I)cc(/C=C2\SC(=S)N(c3cccc(SC)c3)C2=O)cc1OCC.